The van der Waals surface area contributed by atoms with Gasteiger partial charge in [-0.25, -0.2) is 0 Å². The van der Waals surface area contributed by atoms with E-state index in [2.05, 4.69) is 15.9 Å². The third-order valence-electron chi connectivity index (χ3n) is 6.40. The number of carbonyl (C=O) groups is 2. The molecule has 6 aliphatic carbocycles. The monoisotopic (exact) mass is 296 g/mol. The molecule has 9 atom stereocenters. The molecular formula is C13H13BrO3. The molecule has 0 aromatic heterocycles. The van der Waals surface area contributed by atoms with E-state index in [1.807, 2.05) is 0 Å². The number of halogens is 1. The third kappa shape index (κ3) is 0.653. The van der Waals surface area contributed by atoms with E-state index >= 15 is 0 Å². The van der Waals surface area contributed by atoms with E-state index in [-0.39, 0.29) is 22.6 Å². The molecule has 6 fully saturated rings. The Labute approximate surface area is 107 Å². The molecule has 0 aliphatic heterocycles. The smallest absolute Gasteiger partial charge is 0.303 e. The summed E-state index contributed by atoms with van der Waals surface area (Å²) in [6, 6.07) is 0. The molecule has 6 bridgehead atoms. The summed E-state index contributed by atoms with van der Waals surface area (Å²) in [6.07, 6.45) is 1.21. The molecule has 0 spiro atoms. The van der Waals surface area contributed by atoms with Crippen LogP contribution >= 0.6 is 15.9 Å². The summed E-state index contributed by atoms with van der Waals surface area (Å²) in [5.41, 5.74) is -0.458. The SMILES string of the molecule is CC(=O)OC12C(Br)C3C4CC5C(C(=O)C1C53)C42. The normalized spacial score (nSPS) is 67.8. The van der Waals surface area contributed by atoms with E-state index in [9.17, 15) is 9.59 Å². The van der Waals surface area contributed by atoms with Crippen molar-refractivity contribution in [1.29, 1.82) is 0 Å². The predicted molar refractivity (Wildman–Crippen MR) is 61.3 cm³/mol. The Morgan fingerprint density at radius 2 is 2.18 bits per heavy atom. The number of hydrogen-bond donors (Lipinski definition) is 0. The number of hydrogen-bond acceptors (Lipinski definition) is 3. The minimum absolute atomic E-state index is 0.0273. The van der Waals surface area contributed by atoms with Gasteiger partial charge in [0.25, 0.3) is 0 Å². The second-order valence-electron chi connectivity index (χ2n) is 6.50. The van der Waals surface area contributed by atoms with Crippen molar-refractivity contribution >= 4 is 27.7 Å². The third-order valence-corrected chi connectivity index (χ3v) is 7.73. The quantitative estimate of drug-likeness (QED) is 0.543. The van der Waals surface area contributed by atoms with Crippen molar-refractivity contribution < 1.29 is 14.3 Å². The van der Waals surface area contributed by atoms with E-state index in [0.717, 1.165) is 0 Å². The van der Waals surface area contributed by atoms with Gasteiger partial charge in [0, 0.05) is 18.8 Å². The maximum absolute atomic E-state index is 12.4. The molecule has 0 aromatic rings. The molecule has 0 heterocycles. The maximum Gasteiger partial charge on any atom is 0.303 e. The zero-order valence-electron chi connectivity index (χ0n) is 9.43. The number of rotatable bonds is 1. The molecule has 17 heavy (non-hydrogen) atoms. The second kappa shape index (κ2) is 2.36. The molecule has 6 aliphatic rings. The second-order valence-corrected chi connectivity index (χ2v) is 7.49. The van der Waals surface area contributed by atoms with E-state index in [0.29, 0.717) is 35.4 Å². The van der Waals surface area contributed by atoms with Crippen molar-refractivity contribution in [3.05, 3.63) is 0 Å². The first-order chi connectivity index (χ1) is 8.09. The summed E-state index contributed by atoms with van der Waals surface area (Å²) in [5.74, 6) is 3.17. The van der Waals surface area contributed by atoms with Gasteiger partial charge in [0.05, 0.1) is 10.7 Å². The topological polar surface area (TPSA) is 43.4 Å². The number of ether oxygens (including phenoxy) is 1. The van der Waals surface area contributed by atoms with Gasteiger partial charge in [-0.3, -0.25) is 9.59 Å². The Bertz CT molecular complexity index is 489. The molecule has 0 radical (unpaired) electrons. The van der Waals surface area contributed by atoms with Gasteiger partial charge in [-0.05, 0) is 30.1 Å². The van der Waals surface area contributed by atoms with Crippen molar-refractivity contribution in [1.82, 2.24) is 0 Å². The molecule has 0 saturated heterocycles. The van der Waals surface area contributed by atoms with Crippen molar-refractivity contribution in [2.75, 3.05) is 0 Å². The zero-order valence-corrected chi connectivity index (χ0v) is 11.0. The molecule has 6 saturated carbocycles. The summed E-state index contributed by atoms with van der Waals surface area (Å²) >= 11 is 3.77. The highest BCUT2D eigenvalue weighted by Crippen LogP contribution is 2.84. The van der Waals surface area contributed by atoms with E-state index < -0.39 is 5.60 Å². The lowest BCUT2D eigenvalue weighted by Crippen LogP contribution is -2.49. The lowest BCUT2D eigenvalue weighted by molar-refractivity contribution is -0.167. The van der Waals surface area contributed by atoms with Gasteiger partial charge in [-0.1, -0.05) is 15.9 Å². The van der Waals surface area contributed by atoms with E-state index in [1.165, 1.54) is 13.3 Å². The van der Waals surface area contributed by atoms with Crippen molar-refractivity contribution in [2.45, 2.75) is 23.8 Å². The standard InChI is InChI=1S/C13H13BrO3/c1-3(15)17-13-9-5-2-4-6(7(5)12(13)14)10(13)11(16)8(4)9/h4-10,12H,2H2,1H3. The van der Waals surface area contributed by atoms with Crippen LogP contribution in [-0.4, -0.2) is 22.2 Å². The lowest BCUT2D eigenvalue weighted by atomic mass is 9.69. The van der Waals surface area contributed by atoms with Gasteiger partial charge in [-0.15, -0.1) is 0 Å². The molecule has 3 nitrogen and oxygen atoms in total. The van der Waals surface area contributed by atoms with Crippen LogP contribution < -0.4 is 0 Å². The molecule has 4 heteroatoms. The van der Waals surface area contributed by atoms with E-state index in [4.69, 9.17) is 4.74 Å². The van der Waals surface area contributed by atoms with Gasteiger partial charge in [0.2, 0.25) is 0 Å². The van der Waals surface area contributed by atoms with Crippen LogP contribution in [0.1, 0.15) is 13.3 Å². The molecular weight excluding hydrogens is 284 g/mol. The first-order valence-corrected chi connectivity index (χ1v) is 7.38. The molecule has 9 unspecified atom stereocenters. The summed E-state index contributed by atoms with van der Waals surface area (Å²) in [4.78, 5) is 24.1. The molecule has 0 aromatic carbocycles. The van der Waals surface area contributed by atoms with Crippen LogP contribution in [-0.2, 0) is 14.3 Å². The van der Waals surface area contributed by atoms with Crippen LogP contribution in [0.4, 0.5) is 0 Å². The first-order valence-electron chi connectivity index (χ1n) is 6.46. The molecule has 6 rings (SSSR count). The van der Waals surface area contributed by atoms with Crippen LogP contribution in [0.15, 0.2) is 0 Å². The lowest BCUT2D eigenvalue weighted by Gasteiger charge is -2.40. The minimum atomic E-state index is -0.458. The predicted octanol–water partition coefficient (Wildman–Crippen LogP) is 1.39. The molecule has 0 N–H and O–H groups in total. The maximum atomic E-state index is 12.4. The molecule has 0 amide bonds. The van der Waals surface area contributed by atoms with Crippen LogP contribution in [0.2, 0.25) is 0 Å². The van der Waals surface area contributed by atoms with Crippen LogP contribution in [0.3, 0.4) is 0 Å². The summed E-state index contributed by atoms with van der Waals surface area (Å²) < 4.78 is 5.75. The van der Waals surface area contributed by atoms with Crippen LogP contribution in [0.5, 0.6) is 0 Å². The number of ketones is 1. The highest BCUT2D eigenvalue weighted by molar-refractivity contribution is 9.09. The van der Waals surface area contributed by atoms with Crippen molar-refractivity contribution in [2.24, 2.45) is 41.4 Å². The summed E-state index contributed by atoms with van der Waals surface area (Å²) in [5, 5.41) is 0. The van der Waals surface area contributed by atoms with Gasteiger partial charge >= 0.3 is 5.97 Å². The first kappa shape index (κ1) is 9.54. The van der Waals surface area contributed by atoms with Gasteiger partial charge in [-0.2, -0.15) is 0 Å². The number of Topliss-reactive ketones (excluding diaryl/α,β-unsaturated/α-hetero) is 1. The fourth-order valence-electron chi connectivity index (χ4n) is 6.61. The largest absolute Gasteiger partial charge is 0.457 e. The average Bonchev–Trinajstić information content (AvgIpc) is 2.93. The number of alkyl halides is 1. The average molecular weight is 297 g/mol. The highest BCUT2D eigenvalue weighted by Gasteiger charge is 2.91. The number of carbonyl (C=O) groups excluding carboxylic acids is 2. The molecule has 90 valence electrons. The van der Waals surface area contributed by atoms with Crippen molar-refractivity contribution in [3.8, 4) is 0 Å². The Morgan fingerprint density at radius 3 is 2.88 bits per heavy atom. The Kier molecular flexibility index (Phi) is 1.32. The Hall–Kier alpha value is -0.380. The fraction of sp³-hybridized carbons (Fsp3) is 0.846. The summed E-state index contributed by atoms with van der Waals surface area (Å²) in [7, 11) is 0. The highest BCUT2D eigenvalue weighted by atomic mass is 79.9. The summed E-state index contributed by atoms with van der Waals surface area (Å²) in [6.45, 7) is 1.47. The zero-order chi connectivity index (χ0) is 11.7. The fourth-order valence-corrected chi connectivity index (χ4v) is 8.04. The van der Waals surface area contributed by atoms with Crippen LogP contribution in [0.25, 0.3) is 0 Å². The van der Waals surface area contributed by atoms with Crippen LogP contribution in [0, 0.1) is 41.4 Å². The van der Waals surface area contributed by atoms with E-state index in [1.54, 1.807) is 0 Å². The Morgan fingerprint density at radius 1 is 1.41 bits per heavy atom. The van der Waals surface area contributed by atoms with Gasteiger partial charge in [0.1, 0.15) is 11.4 Å². The minimum Gasteiger partial charge on any atom is -0.457 e. The number of esters is 1. The van der Waals surface area contributed by atoms with Gasteiger partial charge in [0.15, 0.2) is 0 Å². The van der Waals surface area contributed by atoms with Gasteiger partial charge < -0.3 is 4.74 Å². The van der Waals surface area contributed by atoms with Crippen molar-refractivity contribution in [3.63, 3.8) is 0 Å². The Balaban J connectivity index is 1.77.